The summed E-state index contributed by atoms with van der Waals surface area (Å²) in [5, 5.41) is 16.0. The Hall–Kier alpha value is -4.12. The van der Waals surface area contributed by atoms with Gasteiger partial charge in [-0.15, -0.1) is 0 Å². The van der Waals surface area contributed by atoms with Crippen molar-refractivity contribution < 1.29 is 23.8 Å². The minimum absolute atomic E-state index is 0.0388. The highest BCUT2D eigenvalue weighted by molar-refractivity contribution is 6.00. The molecule has 0 unspecified atom stereocenters. The average molecular weight is 575 g/mol. The molecule has 2 aromatic carbocycles. The molecule has 3 aliphatic rings. The molecule has 220 valence electrons. The molecule has 2 aliphatic heterocycles. The van der Waals surface area contributed by atoms with Crippen molar-refractivity contribution in [3.05, 3.63) is 48.0 Å². The highest BCUT2D eigenvalue weighted by atomic mass is 19.1. The second-order valence-corrected chi connectivity index (χ2v) is 11.9. The molecule has 3 N–H and O–H groups in total. The van der Waals surface area contributed by atoms with Gasteiger partial charge in [-0.25, -0.2) is 14.2 Å². The molecule has 0 radical (unpaired) electrons. The predicted octanol–water partition coefficient (Wildman–Crippen LogP) is 4.12. The molecule has 3 fully saturated rings. The topological polar surface area (TPSA) is 114 Å². The zero-order valence-corrected chi connectivity index (χ0v) is 23.6. The summed E-state index contributed by atoms with van der Waals surface area (Å²) < 4.78 is 25.0. The van der Waals surface area contributed by atoms with Crippen LogP contribution in [0.25, 0.3) is 33.5 Å². The third-order valence-corrected chi connectivity index (χ3v) is 8.77. The number of ether oxygens (including phenoxy) is 1. The fourth-order valence-corrected chi connectivity index (χ4v) is 6.43. The Labute approximate surface area is 242 Å². The number of carbonyl (C=O) groups is 2. The molecule has 10 nitrogen and oxygen atoms in total. The second-order valence-electron chi connectivity index (χ2n) is 11.9. The standard InChI is InChI=1S/C31H35FN6O4/c1-42-27-10-21(30(39)36-16-22(32)11-23(17-36)34-31(40)41)8-24-28(27)38(15-19-12-33-13-19)29(35-24)26-9-20-4-2-3-5-25(20)37(26)14-18-6-7-18/h2-5,8-10,18-19,22-23,33-34H,6-7,11-17H2,1H3,(H,40,41)/t22-,23-/m1/s1. The summed E-state index contributed by atoms with van der Waals surface area (Å²) in [5.41, 5.74) is 4.02. The normalized spacial score (nSPS) is 21.0. The van der Waals surface area contributed by atoms with Crippen LogP contribution in [0.5, 0.6) is 5.75 Å². The molecule has 2 aromatic heterocycles. The van der Waals surface area contributed by atoms with Crippen molar-refractivity contribution in [3.8, 4) is 17.3 Å². The Morgan fingerprint density at radius 1 is 1.10 bits per heavy atom. The number of halogens is 1. The van der Waals surface area contributed by atoms with Gasteiger partial charge in [-0.3, -0.25) is 4.79 Å². The van der Waals surface area contributed by atoms with Gasteiger partial charge in [0, 0.05) is 61.5 Å². The molecule has 2 amide bonds. The van der Waals surface area contributed by atoms with Crippen LogP contribution < -0.4 is 15.4 Å². The number of nitrogens with one attached hydrogen (secondary N) is 2. The first-order valence-electron chi connectivity index (χ1n) is 14.7. The predicted molar refractivity (Wildman–Crippen MR) is 157 cm³/mol. The number of fused-ring (bicyclic) bond motifs is 2. The third-order valence-electron chi connectivity index (χ3n) is 8.77. The number of alkyl halides is 1. The molecule has 1 aliphatic carbocycles. The van der Waals surface area contributed by atoms with Crippen molar-refractivity contribution in [1.29, 1.82) is 0 Å². The summed E-state index contributed by atoms with van der Waals surface area (Å²) in [6.07, 6.45) is -0.0519. The van der Waals surface area contributed by atoms with Crippen molar-refractivity contribution in [1.82, 2.24) is 29.7 Å². The van der Waals surface area contributed by atoms with Crippen LogP contribution in [-0.4, -0.2) is 81.6 Å². The molecule has 2 saturated heterocycles. The molecular formula is C31H35FN6O4. The average Bonchev–Trinajstić information content (AvgIpc) is 3.59. The third kappa shape index (κ3) is 4.95. The Balaban J connectivity index is 1.33. The van der Waals surface area contributed by atoms with E-state index in [-0.39, 0.29) is 25.4 Å². The summed E-state index contributed by atoms with van der Waals surface area (Å²) in [7, 11) is 1.58. The van der Waals surface area contributed by atoms with E-state index in [1.807, 2.05) is 0 Å². The molecule has 0 bridgehead atoms. The Kier molecular flexibility index (Phi) is 6.76. The number of benzene rings is 2. The minimum atomic E-state index is -1.32. The zero-order valence-electron chi connectivity index (χ0n) is 23.6. The molecule has 0 spiro atoms. The smallest absolute Gasteiger partial charge is 0.404 e. The van der Waals surface area contributed by atoms with Crippen molar-refractivity contribution >= 4 is 33.9 Å². The Morgan fingerprint density at radius 2 is 1.88 bits per heavy atom. The van der Waals surface area contributed by atoms with E-state index in [0.29, 0.717) is 28.7 Å². The quantitative estimate of drug-likeness (QED) is 0.292. The maximum atomic E-state index is 14.6. The van der Waals surface area contributed by atoms with Gasteiger partial charge in [-0.05, 0) is 43.0 Å². The Morgan fingerprint density at radius 3 is 2.60 bits per heavy atom. The number of hydrogen-bond acceptors (Lipinski definition) is 5. The largest absolute Gasteiger partial charge is 0.494 e. The highest BCUT2D eigenvalue weighted by Gasteiger charge is 2.33. The number of aromatic nitrogens is 3. The number of methoxy groups -OCH3 is 1. The fraction of sp³-hybridized carbons (Fsp3) is 0.452. The number of imidazole rings is 1. The number of likely N-dealkylation sites (tertiary alicyclic amines) is 1. The van der Waals surface area contributed by atoms with Crippen LogP contribution in [0.1, 0.15) is 29.6 Å². The molecular weight excluding hydrogens is 539 g/mol. The lowest BCUT2D eigenvalue weighted by atomic mass is 10.0. The van der Waals surface area contributed by atoms with Gasteiger partial charge < -0.3 is 34.5 Å². The van der Waals surface area contributed by atoms with Crippen LogP contribution in [0.3, 0.4) is 0 Å². The van der Waals surface area contributed by atoms with Crippen molar-refractivity contribution in [2.45, 2.75) is 44.6 Å². The number of para-hydroxylation sites is 1. The first-order valence-corrected chi connectivity index (χ1v) is 14.7. The van der Waals surface area contributed by atoms with Crippen LogP contribution in [0.15, 0.2) is 42.5 Å². The van der Waals surface area contributed by atoms with E-state index in [2.05, 4.69) is 50.1 Å². The molecule has 4 heterocycles. The minimum Gasteiger partial charge on any atom is -0.494 e. The number of amides is 2. The van der Waals surface area contributed by atoms with Crippen LogP contribution in [0.4, 0.5) is 9.18 Å². The van der Waals surface area contributed by atoms with Gasteiger partial charge >= 0.3 is 6.09 Å². The van der Waals surface area contributed by atoms with E-state index in [1.54, 1.807) is 19.2 Å². The van der Waals surface area contributed by atoms with Gasteiger partial charge in [0.25, 0.3) is 5.91 Å². The maximum Gasteiger partial charge on any atom is 0.404 e. The van der Waals surface area contributed by atoms with Gasteiger partial charge in [-0.2, -0.15) is 0 Å². The zero-order chi connectivity index (χ0) is 29.0. The monoisotopic (exact) mass is 574 g/mol. The molecule has 11 heteroatoms. The van der Waals surface area contributed by atoms with Gasteiger partial charge in [0.15, 0.2) is 5.82 Å². The van der Waals surface area contributed by atoms with Gasteiger partial charge in [0.1, 0.15) is 17.4 Å². The number of carboxylic acid groups (broad SMARTS) is 1. The number of carbonyl (C=O) groups excluding carboxylic acids is 1. The summed E-state index contributed by atoms with van der Waals surface area (Å²) in [5.74, 6) is 2.10. The lowest BCUT2D eigenvalue weighted by Crippen LogP contribution is -2.53. The lowest BCUT2D eigenvalue weighted by molar-refractivity contribution is 0.0577. The summed E-state index contributed by atoms with van der Waals surface area (Å²) >= 11 is 0. The molecule has 1 saturated carbocycles. The summed E-state index contributed by atoms with van der Waals surface area (Å²) in [6.45, 7) is 3.55. The van der Waals surface area contributed by atoms with Crippen molar-refractivity contribution in [2.24, 2.45) is 11.8 Å². The number of piperidine rings is 1. The van der Waals surface area contributed by atoms with Crippen LogP contribution >= 0.6 is 0 Å². The van der Waals surface area contributed by atoms with Crippen LogP contribution in [-0.2, 0) is 13.1 Å². The van der Waals surface area contributed by atoms with Gasteiger partial charge in [-0.1, -0.05) is 18.2 Å². The number of nitrogens with zero attached hydrogens (tertiary/aromatic N) is 4. The first kappa shape index (κ1) is 26.8. The molecule has 2 atom stereocenters. The SMILES string of the molecule is COc1cc(C(=O)N2C[C@H](F)C[C@@H](NC(=O)O)C2)cc2nc(-c3cc4ccccc4n3CC3CC3)n(CC3CNC3)c12. The Bertz CT molecular complexity index is 1670. The highest BCUT2D eigenvalue weighted by Crippen LogP contribution is 2.39. The van der Waals surface area contributed by atoms with Crippen molar-refractivity contribution in [2.75, 3.05) is 33.3 Å². The lowest BCUT2D eigenvalue weighted by Gasteiger charge is -2.34. The van der Waals surface area contributed by atoms with E-state index in [4.69, 9.17) is 14.8 Å². The summed E-state index contributed by atoms with van der Waals surface area (Å²) in [4.78, 5) is 31.4. The fourth-order valence-electron chi connectivity index (χ4n) is 6.43. The second kappa shape index (κ2) is 10.6. The van der Waals surface area contributed by atoms with Crippen LogP contribution in [0, 0.1) is 11.8 Å². The first-order chi connectivity index (χ1) is 20.4. The molecule has 42 heavy (non-hydrogen) atoms. The van der Waals surface area contributed by atoms with Crippen LogP contribution in [0.2, 0.25) is 0 Å². The molecule has 7 rings (SSSR count). The van der Waals surface area contributed by atoms with Gasteiger partial charge in [0.05, 0.1) is 30.9 Å². The van der Waals surface area contributed by atoms with E-state index >= 15 is 0 Å². The van der Waals surface area contributed by atoms with Gasteiger partial charge in [0.2, 0.25) is 0 Å². The van der Waals surface area contributed by atoms with E-state index in [9.17, 15) is 14.0 Å². The van der Waals surface area contributed by atoms with E-state index in [0.717, 1.165) is 48.6 Å². The van der Waals surface area contributed by atoms with E-state index < -0.39 is 18.3 Å². The summed E-state index contributed by atoms with van der Waals surface area (Å²) in [6, 6.07) is 13.4. The number of rotatable bonds is 8. The molecule has 4 aromatic rings. The van der Waals surface area contributed by atoms with Crippen molar-refractivity contribution in [3.63, 3.8) is 0 Å². The van der Waals surface area contributed by atoms with E-state index in [1.165, 1.54) is 23.3 Å². The maximum absolute atomic E-state index is 14.6. The number of hydrogen-bond donors (Lipinski definition) is 3.